The van der Waals surface area contributed by atoms with Crippen molar-refractivity contribution in [2.45, 2.75) is 31.1 Å². The molecule has 0 N–H and O–H groups in total. The van der Waals surface area contributed by atoms with Crippen molar-refractivity contribution in [1.29, 1.82) is 0 Å². The molecule has 0 unspecified atom stereocenters. The van der Waals surface area contributed by atoms with Gasteiger partial charge in [-0.25, -0.2) is 4.79 Å². The van der Waals surface area contributed by atoms with Crippen LogP contribution in [0.4, 0.5) is 0 Å². The summed E-state index contributed by atoms with van der Waals surface area (Å²) >= 11 is 1.66. The van der Waals surface area contributed by atoms with Crippen LogP contribution in [0.1, 0.15) is 46.9 Å². The van der Waals surface area contributed by atoms with Crippen molar-refractivity contribution in [3.63, 3.8) is 0 Å². The van der Waals surface area contributed by atoms with Gasteiger partial charge in [0.2, 0.25) is 0 Å². The van der Waals surface area contributed by atoms with Crippen LogP contribution in [0.2, 0.25) is 0 Å². The topological polar surface area (TPSA) is 52.6 Å². The molecule has 26 heavy (non-hydrogen) atoms. The van der Waals surface area contributed by atoms with E-state index < -0.39 is 0 Å². The van der Waals surface area contributed by atoms with Gasteiger partial charge in [-0.15, -0.1) is 11.8 Å². The molecule has 0 spiro atoms. The number of thioether (sulfide) groups is 1. The molecule has 0 atom stereocenters. The fraction of sp³-hybridized carbons (Fsp3) is 0.333. The smallest absolute Gasteiger partial charge is 0.338 e. The molecular weight excluding hydrogens is 348 g/mol. The van der Waals surface area contributed by atoms with Gasteiger partial charge >= 0.3 is 5.97 Å². The van der Waals surface area contributed by atoms with Gasteiger partial charge in [0.1, 0.15) is 5.75 Å². The lowest BCUT2D eigenvalue weighted by Gasteiger charge is -2.07. The number of benzene rings is 2. The van der Waals surface area contributed by atoms with E-state index in [1.165, 1.54) is 0 Å². The molecule has 0 aromatic heterocycles. The van der Waals surface area contributed by atoms with Gasteiger partial charge in [-0.05, 0) is 62.4 Å². The Balaban J connectivity index is 1.68. The summed E-state index contributed by atoms with van der Waals surface area (Å²) in [6, 6.07) is 14.6. The highest BCUT2D eigenvalue weighted by Gasteiger charge is 2.07. The highest BCUT2D eigenvalue weighted by Crippen LogP contribution is 2.17. The predicted octanol–water partition coefficient (Wildman–Crippen LogP) is 5.02. The Kier molecular flexibility index (Phi) is 8.22. The second-order valence-electron chi connectivity index (χ2n) is 5.70. The molecule has 138 valence electrons. The third kappa shape index (κ3) is 6.23. The van der Waals surface area contributed by atoms with Crippen LogP contribution in [0.15, 0.2) is 53.4 Å². The summed E-state index contributed by atoms with van der Waals surface area (Å²) in [5, 5.41) is 0. The summed E-state index contributed by atoms with van der Waals surface area (Å²) in [5.41, 5.74) is 1.27. The molecule has 0 bridgehead atoms. The summed E-state index contributed by atoms with van der Waals surface area (Å²) in [5.74, 6) is 0.539. The first kappa shape index (κ1) is 20.0. The summed E-state index contributed by atoms with van der Waals surface area (Å²) in [4.78, 5) is 24.9. The quantitative estimate of drug-likeness (QED) is 0.254. The summed E-state index contributed by atoms with van der Waals surface area (Å²) in [7, 11) is 0. The van der Waals surface area contributed by atoms with Gasteiger partial charge in [0, 0.05) is 16.9 Å². The Morgan fingerprint density at radius 2 is 1.58 bits per heavy atom. The number of ether oxygens (including phenoxy) is 2. The lowest BCUT2D eigenvalue weighted by Crippen LogP contribution is -2.05. The number of hydrogen-bond acceptors (Lipinski definition) is 5. The minimum absolute atomic E-state index is 0.163. The van der Waals surface area contributed by atoms with Crippen LogP contribution in [-0.2, 0) is 4.74 Å². The molecule has 0 heterocycles. The van der Waals surface area contributed by atoms with Crippen molar-refractivity contribution in [2.24, 2.45) is 0 Å². The molecule has 2 aromatic rings. The standard InChI is InChI=1S/C21H24O4S/c1-3-24-21(23)17-7-11-18(12-8-17)25-15-5-4-6-20(22)16-9-13-19(26-2)14-10-16/h7-14H,3-6,15H2,1-2H3. The van der Waals surface area contributed by atoms with E-state index in [9.17, 15) is 9.59 Å². The molecule has 4 nitrogen and oxygen atoms in total. The maximum atomic E-state index is 12.1. The average molecular weight is 372 g/mol. The highest BCUT2D eigenvalue weighted by molar-refractivity contribution is 7.98. The predicted molar refractivity (Wildman–Crippen MR) is 104 cm³/mol. The van der Waals surface area contributed by atoms with Gasteiger partial charge in [0.25, 0.3) is 0 Å². The third-order valence-electron chi connectivity index (χ3n) is 3.84. The Labute approximate surface area is 158 Å². The Hall–Kier alpha value is -2.27. The molecule has 0 aliphatic carbocycles. The van der Waals surface area contributed by atoms with E-state index in [2.05, 4.69) is 0 Å². The normalized spacial score (nSPS) is 10.4. The molecule has 0 amide bonds. The monoisotopic (exact) mass is 372 g/mol. The molecule has 0 aliphatic rings. The molecule has 2 aromatic carbocycles. The van der Waals surface area contributed by atoms with E-state index in [0.717, 1.165) is 23.3 Å². The molecule has 2 rings (SSSR count). The Morgan fingerprint density at radius 3 is 2.19 bits per heavy atom. The molecule has 0 aliphatic heterocycles. The molecular formula is C21H24O4S. The summed E-state index contributed by atoms with van der Waals surface area (Å²) in [6.07, 6.45) is 4.11. The highest BCUT2D eigenvalue weighted by atomic mass is 32.2. The second kappa shape index (κ2) is 10.7. The molecule has 0 fully saturated rings. The van der Waals surface area contributed by atoms with E-state index in [1.807, 2.05) is 30.5 Å². The summed E-state index contributed by atoms with van der Waals surface area (Å²) in [6.45, 7) is 2.67. The van der Waals surface area contributed by atoms with Crippen molar-refractivity contribution in [3.05, 3.63) is 59.7 Å². The van der Waals surface area contributed by atoms with E-state index >= 15 is 0 Å². The van der Waals surface area contributed by atoms with Crippen LogP contribution in [-0.4, -0.2) is 31.2 Å². The Morgan fingerprint density at radius 1 is 0.923 bits per heavy atom. The fourth-order valence-electron chi connectivity index (χ4n) is 2.40. The van der Waals surface area contributed by atoms with Gasteiger partial charge < -0.3 is 9.47 Å². The first-order valence-corrected chi connectivity index (χ1v) is 9.93. The minimum atomic E-state index is -0.330. The largest absolute Gasteiger partial charge is 0.494 e. The maximum Gasteiger partial charge on any atom is 0.338 e. The molecule has 5 heteroatoms. The van der Waals surface area contributed by atoms with E-state index in [1.54, 1.807) is 43.0 Å². The van der Waals surface area contributed by atoms with E-state index in [0.29, 0.717) is 30.9 Å². The van der Waals surface area contributed by atoms with Crippen molar-refractivity contribution < 1.29 is 19.1 Å². The SMILES string of the molecule is CCOC(=O)c1ccc(OCCCCC(=O)c2ccc(SC)cc2)cc1. The van der Waals surface area contributed by atoms with Crippen LogP contribution in [0.3, 0.4) is 0 Å². The number of carbonyl (C=O) groups excluding carboxylic acids is 2. The first-order chi connectivity index (χ1) is 12.6. The zero-order valence-corrected chi connectivity index (χ0v) is 16.0. The van der Waals surface area contributed by atoms with Crippen molar-refractivity contribution >= 4 is 23.5 Å². The third-order valence-corrected chi connectivity index (χ3v) is 4.59. The van der Waals surface area contributed by atoms with Crippen LogP contribution in [0.5, 0.6) is 5.75 Å². The lowest BCUT2D eigenvalue weighted by molar-refractivity contribution is 0.0526. The van der Waals surface area contributed by atoms with Gasteiger partial charge in [-0.3, -0.25) is 4.79 Å². The number of ketones is 1. The van der Waals surface area contributed by atoms with Crippen molar-refractivity contribution in [1.82, 2.24) is 0 Å². The van der Waals surface area contributed by atoms with Crippen LogP contribution >= 0.6 is 11.8 Å². The molecule has 0 saturated carbocycles. The van der Waals surface area contributed by atoms with Gasteiger partial charge in [-0.2, -0.15) is 0 Å². The van der Waals surface area contributed by atoms with Crippen molar-refractivity contribution in [3.8, 4) is 5.75 Å². The minimum Gasteiger partial charge on any atom is -0.494 e. The van der Waals surface area contributed by atoms with Gasteiger partial charge in [0.15, 0.2) is 5.78 Å². The Bertz CT molecular complexity index is 708. The number of unbranched alkanes of at least 4 members (excludes halogenated alkanes) is 1. The lowest BCUT2D eigenvalue weighted by atomic mass is 10.1. The van der Waals surface area contributed by atoms with Crippen LogP contribution in [0.25, 0.3) is 0 Å². The maximum absolute atomic E-state index is 12.1. The first-order valence-electron chi connectivity index (χ1n) is 8.71. The van der Waals surface area contributed by atoms with Crippen LogP contribution in [0, 0.1) is 0 Å². The number of rotatable bonds is 10. The number of Topliss-reactive ketones (excluding diaryl/α,β-unsaturated/α-hetero) is 1. The fourth-order valence-corrected chi connectivity index (χ4v) is 2.81. The molecule has 0 radical (unpaired) electrons. The van der Waals surface area contributed by atoms with Crippen LogP contribution < -0.4 is 4.74 Å². The van der Waals surface area contributed by atoms with E-state index in [-0.39, 0.29) is 11.8 Å². The average Bonchev–Trinajstić information content (AvgIpc) is 2.68. The number of hydrogen-bond donors (Lipinski definition) is 0. The zero-order valence-electron chi connectivity index (χ0n) is 15.2. The van der Waals surface area contributed by atoms with E-state index in [4.69, 9.17) is 9.47 Å². The summed E-state index contributed by atoms with van der Waals surface area (Å²) < 4.78 is 10.6. The second-order valence-corrected chi connectivity index (χ2v) is 6.58. The van der Waals surface area contributed by atoms with Crippen molar-refractivity contribution in [2.75, 3.05) is 19.5 Å². The zero-order chi connectivity index (χ0) is 18.8. The molecule has 0 saturated heterocycles. The number of esters is 1. The van der Waals surface area contributed by atoms with Gasteiger partial charge in [-0.1, -0.05) is 12.1 Å². The van der Waals surface area contributed by atoms with Gasteiger partial charge in [0.05, 0.1) is 18.8 Å². The number of carbonyl (C=O) groups is 2.